The molecule has 0 aromatic carbocycles. The molecule has 3 fully saturated rings. The van der Waals surface area contributed by atoms with Crippen molar-refractivity contribution in [2.75, 3.05) is 0 Å². The van der Waals surface area contributed by atoms with Crippen LogP contribution in [0.3, 0.4) is 0 Å². The summed E-state index contributed by atoms with van der Waals surface area (Å²) in [6.45, 7) is 0. The van der Waals surface area contributed by atoms with Crippen molar-refractivity contribution < 1.29 is 9.52 Å². The van der Waals surface area contributed by atoms with Crippen molar-refractivity contribution in [2.45, 2.75) is 114 Å². The highest BCUT2D eigenvalue weighted by molar-refractivity contribution is 5.22. The van der Waals surface area contributed by atoms with Crippen LogP contribution in [0.25, 0.3) is 0 Å². The predicted molar refractivity (Wildman–Crippen MR) is 95.4 cm³/mol. The number of rotatable bonds is 3. The summed E-state index contributed by atoms with van der Waals surface area (Å²) in [5.74, 6) is 3.41. The molecule has 0 spiro atoms. The zero-order valence-electron chi connectivity index (χ0n) is 15.0. The van der Waals surface area contributed by atoms with Gasteiger partial charge in [0.15, 0.2) is 5.89 Å². The van der Waals surface area contributed by atoms with E-state index in [-0.39, 0.29) is 12.0 Å². The summed E-state index contributed by atoms with van der Waals surface area (Å²) in [5.41, 5.74) is 1.29. The van der Waals surface area contributed by atoms with E-state index in [4.69, 9.17) is 9.40 Å². The highest BCUT2D eigenvalue weighted by Gasteiger charge is 2.34. The van der Waals surface area contributed by atoms with E-state index in [1.807, 2.05) is 0 Å². The summed E-state index contributed by atoms with van der Waals surface area (Å²) >= 11 is 0. The second-order valence-electron chi connectivity index (χ2n) is 8.43. The highest BCUT2D eigenvalue weighted by Crippen LogP contribution is 2.43. The van der Waals surface area contributed by atoms with E-state index in [0.717, 1.165) is 25.2 Å². The number of aliphatic hydroxyl groups is 1. The molecule has 0 bridgehead atoms. The molecule has 0 aliphatic heterocycles. The van der Waals surface area contributed by atoms with E-state index < -0.39 is 0 Å². The van der Waals surface area contributed by atoms with E-state index in [2.05, 4.69) is 0 Å². The fraction of sp³-hybridized carbons (Fsp3) is 0.857. The van der Waals surface area contributed by atoms with Gasteiger partial charge < -0.3 is 9.52 Å². The lowest BCUT2D eigenvalue weighted by molar-refractivity contribution is 0.0930. The predicted octanol–water partition coefficient (Wildman–Crippen LogP) is 5.79. The van der Waals surface area contributed by atoms with Gasteiger partial charge in [-0.15, -0.1) is 0 Å². The Morgan fingerprint density at radius 1 is 0.708 bits per heavy atom. The van der Waals surface area contributed by atoms with E-state index in [9.17, 15) is 5.11 Å². The van der Waals surface area contributed by atoms with Gasteiger partial charge in [0.2, 0.25) is 0 Å². The summed E-state index contributed by atoms with van der Waals surface area (Å²) in [7, 11) is 0. The van der Waals surface area contributed by atoms with Crippen molar-refractivity contribution in [1.29, 1.82) is 0 Å². The lowest BCUT2D eigenvalue weighted by Gasteiger charge is -2.25. The third kappa shape index (κ3) is 3.42. The molecule has 1 aromatic rings. The second kappa shape index (κ2) is 7.59. The Labute approximate surface area is 146 Å². The first-order valence-electron chi connectivity index (χ1n) is 10.5. The Morgan fingerprint density at radius 3 is 1.96 bits per heavy atom. The third-order valence-corrected chi connectivity index (χ3v) is 6.71. The molecular formula is C21H33NO2. The first kappa shape index (κ1) is 16.6. The fourth-order valence-electron chi connectivity index (χ4n) is 5.25. The van der Waals surface area contributed by atoms with Crippen LogP contribution in [0.5, 0.6) is 0 Å². The summed E-state index contributed by atoms with van der Waals surface area (Å²) in [4.78, 5) is 5.06. The number of aromatic nitrogens is 1. The van der Waals surface area contributed by atoms with Crippen LogP contribution in [0.2, 0.25) is 0 Å². The van der Waals surface area contributed by atoms with E-state index in [0.29, 0.717) is 11.8 Å². The molecule has 3 heteroatoms. The van der Waals surface area contributed by atoms with Crippen LogP contribution >= 0.6 is 0 Å². The van der Waals surface area contributed by atoms with Crippen molar-refractivity contribution in [3.05, 3.63) is 17.3 Å². The summed E-state index contributed by atoms with van der Waals surface area (Å²) in [6, 6.07) is 0. The molecule has 3 saturated carbocycles. The number of nitrogens with zero attached hydrogens (tertiary/aromatic N) is 1. The lowest BCUT2D eigenvalue weighted by Crippen LogP contribution is -2.22. The minimum Gasteiger partial charge on any atom is -0.445 e. The number of oxazole rings is 1. The molecule has 4 rings (SSSR count). The summed E-state index contributed by atoms with van der Waals surface area (Å²) in [6.07, 6.45) is 17.2. The molecule has 0 amide bonds. The molecule has 2 atom stereocenters. The molecule has 2 unspecified atom stereocenters. The average Bonchev–Trinajstić information content (AvgIpc) is 3.09. The van der Waals surface area contributed by atoms with E-state index in [1.165, 1.54) is 82.1 Å². The maximum atomic E-state index is 10.4. The second-order valence-corrected chi connectivity index (χ2v) is 8.43. The number of hydrogen-bond acceptors (Lipinski definition) is 3. The van der Waals surface area contributed by atoms with E-state index >= 15 is 0 Å². The molecule has 0 radical (unpaired) electrons. The minimum absolute atomic E-state index is 0.137. The minimum atomic E-state index is -0.254. The van der Waals surface area contributed by atoms with Crippen LogP contribution in [0.15, 0.2) is 4.42 Å². The monoisotopic (exact) mass is 331 g/mol. The van der Waals surface area contributed by atoms with Crippen LogP contribution in [-0.2, 0) is 0 Å². The first-order chi connectivity index (χ1) is 11.8. The van der Waals surface area contributed by atoms with Gasteiger partial charge in [0.25, 0.3) is 0 Å². The van der Waals surface area contributed by atoms with E-state index in [1.54, 1.807) is 0 Å². The van der Waals surface area contributed by atoms with Crippen molar-refractivity contribution in [1.82, 2.24) is 4.98 Å². The smallest absolute Gasteiger partial charge is 0.200 e. The van der Waals surface area contributed by atoms with Gasteiger partial charge in [-0.1, -0.05) is 51.4 Å². The maximum absolute atomic E-state index is 10.4. The Hall–Kier alpha value is -0.830. The largest absolute Gasteiger partial charge is 0.445 e. The highest BCUT2D eigenvalue weighted by atomic mass is 16.4. The molecule has 3 aliphatic carbocycles. The molecule has 24 heavy (non-hydrogen) atoms. The first-order valence-corrected chi connectivity index (χ1v) is 10.5. The van der Waals surface area contributed by atoms with Crippen molar-refractivity contribution in [3.63, 3.8) is 0 Å². The Morgan fingerprint density at radius 2 is 1.29 bits per heavy atom. The number of aliphatic hydroxyl groups excluding tert-OH is 1. The van der Waals surface area contributed by atoms with Crippen molar-refractivity contribution >= 4 is 0 Å². The molecule has 1 heterocycles. The van der Waals surface area contributed by atoms with Crippen LogP contribution < -0.4 is 0 Å². The quantitative estimate of drug-likeness (QED) is 0.762. The molecule has 134 valence electrons. The summed E-state index contributed by atoms with van der Waals surface area (Å²) < 4.78 is 6.45. The molecule has 0 saturated heterocycles. The van der Waals surface area contributed by atoms with Crippen LogP contribution in [-0.4, -0.2) is 16.2 Å². The van der Waals surface area contributed by atoms with Crippen LogP contribution in [0, 0.1) is 0 Å². The van der Waals surface area contributed by atoms with Gasteiger partial charge >= 0.3 is 0 Å². The maximum Gasteiger partial charge on any atom is 0.200 e. The summed E-state index contributed by atoms with van der Waals surface area (Å²) in [5, 5.41) is 10.4. The molecule has 3 aliphatic rings. The normalized spacial score (nSPS) is 30.5. The molecular weight excluding hydrogens is 298 g/mol. The SMILES string of the molecule is OC1CCCCC1c1nc(C2CCCCC2)c(C2CCCCC2)o1. The zero-order chi connectivity index (χ0) is 16.4. The van der Waals surface area contributed by atoms with Gasteiger partial charge in [0.1, 0.15) is 5.76 Å². The van der Waals surface area contributed by atoms with Gasteiger partial charge in [-0.05, 0) is 38.5 Å². The van der Waals surface area contributed by atoms with Gasteiger partial charge in [-0.3, -0.25) is 0 Å². The van der Waals surface area contributed by atoms with Gasteiger partial charge in [0, 0.05) is 11.8 Å². The molecule has 1 N–H and O–H groups in total. The Balaban J connectivity index is 1.63. The fourth-order valence-corrected chi connectivity index (χ4v) is 5.25. The van der Waals surface area contributed by atoms with Gasteiger partial charge in [0.05, 0.1) is 17.7 Å². The standard InChI is InChI=1S/C21H33NO2/c23-18-14-8-7-13-17(18)21-22-19(15-9-3-1-4-10-15)20(24-21)16-11-5-2-6-12-16/h15-18,23H,1-14H2. The Kier molecular flexibility index (Phi) is 5.26. The lowest BCUT2D eigenvalue weighted by atomic mass is 9.81. The Bertz CT molecular complexity index is 490. The third-order valence-electron chi connectivity index (χ3n) is 6.71. The number of hydrogen-bond donors (Lipinski definition) is 1. The van der Waals surface area contributed by atoms with Gasteiger partial charge in [-0.2, -0.15) is 0 Å². The van der Waals surface area contributed by atoms with Crippen molar-refractivity contribution in [3.8, 4) is 0 Å². The van der Waals surface area contributed by atoms with Crippen molar-refractivity contribution in [2.24, 2.45) is 0 Å². The molecule has 1 aromatic heterocycles. The average molecular weight is 332 g/mol. The zero-order valence-corrected chi connectivity index (χ0v) is 15.0. The van der Waals surface area contributed by atoms with Crippen LogP contribution in [0.1, 0.15) is 125 Å². The van der Waals surface area contributed by atoms with Gasteiger partial charge in [-0.25, -0.2) is 4.98 Å². The van der Waals surface area contributed by atoms with Crippen LogP contribution in [0.4, 0.5) is 0 Å². The topological polar surface area (TPSA) is 46.3 Å². The molecule has 3 nitrogen and oxygen atoms in total.